The van der Waals surface area contributed by atoms with Crippen molar-refractivity contribution < 1.29 is 17.9 Å². The molecule has 0 saturated heterocycles. The highest BCUT2D eigenvalue weighted by Crippen LogP contribution is 2.02. The Bertz CT molecular complexity index is 329. The molecule has 0 bridgehead atoms. The highest BCUT2D eigenvalue weighted by atomic mass is 32.2. The number of carbonyl (C=O) groups excluding carboxylic acids is 1. The lowest BCUT2D eigenvalue weighted by molar-refractivity contribution is -0.140. The number of nitrogens with one attached hydrogen (secondary N) is 1. The van der Waals surface area contributed by atoms with Crippen molar-refractivity contribution in [2.45, 2.75) is 39.2 Å². The van der Waals surface area contributed by atoms with E-state index in [1.807, 2.05) is 13.8 Å². The molecule has 0 amide bonds. The zero-order valence-corrected chi connectivity index (χ0v) is 11.7. The molecule has 0 aromatic heterocycles. The monoisotopic (exact) mass is 266 g/mol. The SMILES string of the molecule is CCCC(C)NS(=O)(=O)N(C)CCC(=O)OC. The summed E-state index contributed by atoms with van der Waals surface area (Å²) in [5, 5.41) is 0. The van der Waals surface area contributed by atoms with E-state index in [1.54, 1.807) is 0 Å². The summed E-state index contributed by atoms with van der Waals surface area (Å²) in [6.45, 7) is 3.92. The summed E-state index contributed by atoms with van der Waals surface area (Å²) in [5.74, 6) is -0.423. The van der Waals surface area contributed by atoms with Crippen LogP contribution >= 0.6 is 0 Å². The minimum atomic E-state index is -3.51. The van der Waals surface area contributed by atoms with E-state index in [0.29, 0.717) is 0 Å². The molecule has 0 aliphatic rings. The van der Waals surface area contributed by atoms with Crippen LogP contribution in [-0.2, 0) is 19.7 Å². The summed E-state index contributed by atoms with van der Waals surface area (Å²) < 4.78 is 31.7. The number of hydrogen-bond acceptors (Lipinski definition) is 4. The Labute approximate surface area is 104 Å². The number of rotatable bonds is 8. The molecule has 6 nitrogen and oxygen atoms in total. The first-order valence-corrected chi connectivity index (χ1v) is 7.07. The average Bonchev–Trinajstić information content (AvgIpc) is 2.24. The number of esters is 1. The van der Waals surface area contributed by atoms with Gasteiger partial charge in [0.05, 0.1) is 13.5 Å². The van der Waals surface area contributed by atoms with Crippen LogP contribution in [0.5, 0.6) is 0 Å². The first-order chi connectivity index (χ1) is 7.83. The van der Waals surface area contributed by atoms with Gasteiger partial charge < -0.3 is 4.74 Å². The molecule has 7 heteroatoms. The third-order valence-corrected chi connectivity index (χ3v) is 4.04. The molecule has 1 unspecified atom stereocenters. The van der Waals surface area contributed by atoms with Crippen LogP contribution in [0.4, 0.5) is 0 Å². The van der Waals surface area contributed by atoms with Gasteiger partial charge in [-0.2, -0.15) is 17.4 Å². The maximum Gasteiger partial charge on any atom is 0.306 e. The Morgan fingerprint density at radius 3 is 2.53 bits per heavy atom. The van der Waals surface area contributed by atoms with E-state index in [-0.39, 0.29) is 19.0 Å². The standard InChI is InChI=1S/C10H22N2O4S/c1-5-6-9(2)11-17(14,15)12(3)8-7-10(13)16-4/h9,11H,5-8H2,1-4H3. The van der Waals surface area contributed by atoms with Gasteiger partial charge in [0.25, 0.3) is 10.2 Å². The molecule has 0 aliphatic heterocycles. The fourth-order valence-electron chi connectivity index (χ4n) is 1.31. The van der Waals surface area contributed by atoms with Gasteiger partial charge in [0.15, 0.2) is 0 Å². The minimum Gasteiger partial charge on any atom is -0.469 e. The Balaban J connectivity index is 4.25. The molecule has 0 aliphatic carbocycles. The van der Waals surface area contributed by atoms with Crippen LogP contribution in [-0.4, -0.2) is 45.4 Å². The third kappa shape index (κ3) is 6.60. The topological polar surface area (TPSA) is 75.7 Å². The summed E-state index contributed by atoms with van der Waals surface area (Å²) >= 11 is 0. The molecule has 0 aromatic carbocycles. The predicted octanol–water partition coefficient (Wildman–Crippen LogP) is 0.504. The summed E-state index contributed by atoms with van der Waals surface area (Å²) in [4.78, 5) is 10.9. The predicted molar refractivity (Wildman–Crippen MR) is 65.7 cm³/mol. The van der Waals surface area contributed by atoms with Crippen molar-refractivity contribution in [1.82, 2.24) is 9.03 Å². The van der Waals surface area contributed by atoms with Crippen LogP contribution in [0.3, 0.4) is 0 Å². The molecule has 1 N–H and O–H groups in total. The first kappa shape index (κ1) is 16.3. The lowest BCUT2D eigenvalue weighted by Gasteiger charge is -2.20. The van der Waals surface area contributed by atoms with Crippen molar-refractivity contribution >= 4 is 16.2 Å². The van der Waals surface area contributed by atoms with E-state index in [4.69, 9.17) is 0 Å². The normalized spacial score (nSPS) is 13.7. The maximum absolute atomic E-state index is 11.8. The molecule has 17 heavy (non-hydrogen) atoms. The smallest absolute Gasteiger partial charge is 0.306 e. The Morgan fingerprint density at radius 2 is 2.06 bits per heavy atom. The van der Waals surface area contributed by atoms with Gasteiger partial charge in [-0.05, 0) is 13.3 Å². The number of hydrogen-bond donors (Lipinski definition) is 1. The molecule has 0 fully saturated rings. The lowest BCUT2D eigenvalue weighted by Crippen LogP contribution is -2.43. The van der Waals surface area contributed by atoms with Crippen molar-refractivity contribution in [2.24, 2.45) is 0 Å². The molecule has 102 valence electrons. The van der Waals surface area contributed by atoms with E-state index < -0.39 is 16.2 Å². The minimum absolute atomic E-state index is 0.0517. The van der Waals surface area contributed by atoms with Crippen LogP contribution in [0.2, 0.25) is 0 Å². The number of nitrogens with zero attached hydrogens (tertiary/aromatic N) is 1. The second-order valence-corrected chi connectivity index (χ2v) is 5.77. The van der Waals surface area contributed by atoms with Gasteiger partial charge in [-0.15, -0.1) is 0 Å². The van der Waals surface area contributed by atoms with Crippen molar-refractivity contribution in [2.75, 3.05) is 20.7 Å². The van der Waals surface area contributed by atoms with Gasteiger partial charge in [-0.3, -0.25) is 4.79 Å². The van der Waals surface area contributed by atoms with Gasteiger partial charge in [0.2, 0.25) is 0 Å². The Morgan fingerprint density at radius 1 is 1.47 bits per heavy atom. The molecule has 0 rings (SSSR count). The molecule has 0 radical (unpaired) electrons. The highest BCUT2D eigenvalue weighted by Gasteiger charge is 2.20. The van der Waals surface area contributed by atoms with Crippen LogP contribution in [0, 0.1) is 0 Å². The molecule has 0 heterocycles. The highest BCUT2D eigenvalue weighted by molar-refractivity contribution is 7.87. The van der Waals surface area contributed by atoms with Crippen molar-refractivity contribution in [1.29, 1.82) is 0 Å². The number of ether oxygens (including phenoxy) is 1. The Hall–Kier alpha value is -0.660. The summed E-state index contributed by atoms with van der Waals surface area (Å²) in [6.07, 6.45) is 1.75. The second-order valence-electron chi connectivity index (χ2n) is 3.96. The van der Waals surface area contributed by atoms with Crippen LogP contribution in [0.15, 0.2) is 0 Å². The molecule has 1 atom stereocenters. The largest absolute Gasteiger partial charge is 0.469 e. The van der Waals surface area contributed by atoms with Gasteiger partial charge in [-0.25, -0.2) is 0 Å². The van der Waals surface area contributed by atoms with E-state index >= 15 is 0 Å². The average molecular weight is 266 g/mol. The zero-order valence-electron chi connectivity index (χ0n) is 10.9. The number of methoxy groups -OCH3 is 1. The Kier molecular flexibility index (Phi) is 7.33. The van der Waals surface area contributed by atoms with E-state index in [0.717, 1.165) is 17.1 Å². The molecule has 0 saturated carbocycles. The number of carbonyl (C=O) groups is 1. The fraction of sp³-hybridized carbons (Fsp3) is 0.900. The van der Waals surface area contributed by atoms with Gasteiger partial charge in [0, 0.05) is 19.6 Å². The molecule has 0 aromatic rings. The van der Waals surface area contributed by atoms with Gasteiger partial charge in [0.1, 0.15) is 0 Å². The van der Waals surface area contributed by atoms with Gasteiger partial charge >= 0.3 is 5.97 Å². The summed E-state index contributed by atoms with van der Waals surface area (Å²) in [7, 11) is -0.799. The summed E-state index contributed by atoms with van der Waals surface area (Å²) in [6, 6.07) is -0.106. The molecule has 0 spiro atoms. The maximum atomic E-state index is 11.8. The van der Waals surface area contributed by atoms with Crippen LogP contribution in [0.1, 0.15) is 33.1 Å². The van der Waals surface area contributed by atoms with E-state index in [9.17, 15) is 13.2 Å². The third-order valence-electron chi connectivity index (χ3n) is 2.34. The molecular weight excluding hydrogens is 244 g/mol. The fourth-order valence-corrected chi connectivity index (χ4v) is 2.45. The van der Waals surface area contributed by atoms with Gasteiger partial charge in [-0.1, -0.05) is 13.3 Å². The van der Waals surface area contributed by atoms with Crippen molar-refractivity contribution in [3.05, 3.63) is 0 Å². The lowest BCUT2D eigenvalue weighted by atomic mass is 10.2. The molecular formula is C10H22N2O4S. The van der Waals surface area contributed by atoms with Crippen LogP contribution in [0.25, 0.3) is 0 Å². The van der Waals surface area contributed by atoms with E-state index in [2.05, 4.69) is 9.46 Å². The first-order valence-electron chi connectivity index (χ1n) is 5.63. The van der Waals surface area contributed by atoms with Crippen molar-refractivity contribution in [3.63, 3.8) is 0 Å². The quantitative estimate of drug-likeness (QED) is 0.649. The zero-order chi connectivity index (χ0) is 13.5. The van der Waals surface area contributed by atoms with Crippen molar-refractivity contribution in [3.8, 4) is 0 Å². The summed E-state index contributed by atoms with van der Waals surface area (Å²) in [5.41, 5.74) is 0. The second kappa shape index (κ2) is 7.62. The van der Waals surface area contributed by atoms with E-state index in [1.165, 1.54) is 14.2 Å². The van der Waals surface area contributed by atoms with Crippen LogP contribution < -0.4 is 4.72 Å².